The molecule has 0 fully saturated rings. The van der Waals surface area contributed by atoms with Gasteiger partial charge in [0.05, 0.1) is 18.8 Å². The fourth-order valence-corrected chi connectivity index (χ4v) is 2.69. The van der Waals surface area contributed by atoms with E-state index >= 15 is 0 Å². The van der Waals surface area contributed by atoms with Crippen molar-refractivity contribution in [2.45, 2.75) is 40.4 Å². The Hall–Kier alpha value is -1.79. The number of aromatic nitrogens is 2. The molecule has 1 heterocycles. The summed E-state index contributed by atoms with van der Waals surface area (Å²) in [5.74, 6) is -1.04. The number of aliphatic hydroxyl groups is 1. The van der Waals surface area contributed by atoms with Crippen LogP contribution >= 0.6 is 0 Å². The summed E-state index contributed by atoms with van der Waals surface area (Å²) in [6.07, 6.45) is 0. The van der Waals surface area contributed by atoms with E-state index in [1.807, 2.05) is 25.7 Å². The molecule has 2 aromatic rings. The molecule has 0 aliphatic rings. The van der Waals surface area contributed by atoms with E-state index < -0.39 is 11.6 Å². The van der Waals surface area contributed by atoms with Crippen molar-refractivity contribution in [1.82, 2.24) is 14.7 Å². The number of hydrogen-bond donors (Lipinski definition) is 1. The molecule has 0 atom stereocenters. The summed E-state index contributed by atoms with van der Waals surface area (Å²) in [6.45, 7) is 7.72. The first-order chi connectivity index (χ1) is 11.0. The third-order valence-corrected chi connectivity index (χ3v) is 4.12. The minimum absolute atomic E-state index is 0.0271. The van der Waals surface area contributed by atoms with Crippen LogP contribution in [0.2, 0.25) is 0 Å². The van der Waals surface area contributed by atoms with Gasteiger partial charge in [0.2, 0.25) is 0 Å². The van der Waals surface area contributed by atoms with Crippen molar-refractivity contribution in [3.63, 3.8) is 0 Å². The van der Waals surface area contributed by atoms with Gasteiger partial charge in [-0.25, -0.2) is 8.78 Å². The molecule has 2 rings (SSSR count). The number of halogens is 2. The number of aryl methyl sites for hydroxylation is 1. The van der Waals surface area contributed by atoms with Crippen LogP contribution in [-0.4, -0.2) is 32.9 Å². The normalized spacial score (nSPS) is 11.4. The van der Waals surface area contributed by atoms with Crippen molar-refractivity contribution >= 4 is 0 Å². The van der Waals surface area contributed by atoms with Gasteiger partial charge in [-0.05, 0) is 32.5 Å². The van der Waals surface area contributed by atoms with Crippen LogP contribution in [0.5, 0.6) is 0 Å². The zero-order valence-electron chi connectivity index (χ0n) is 13.8. The van der Waals surface area contributed by atoms with Gasteiger partial charge in [0.25, 0.3) is 0 Å². The molecule has 126 valence electrons. The van der Waals surface area contributed by atoms with Crippen LogP contribution in [0.25, 0.3) is 0 Å². The Balaban J connectivity index is 2.20. The van der Waals surface area contributed by atoms with E-state index in [4.69, 9.17) is 5.11 Å². The smallest absolute Gasteiger partial charge is 0.130 e. The fraction of sp³-hybridized carbons (Fsp3) is 0.471. The molecule has 0 saturated carbocycles. The van der Waals surface area contributed by atoms with Gasteiger partial charge in [-0.3, -0.25) is 9.58 Å². The number of hydrogen-bond acceptors (Lipinski definition) is 3. The molecule has 0 aliphatic heterocycles. The van der Waals surface area contributed by atoms with Gasteiger partial charge in [0.1, 0.15) is 11.6 Å². The molecule has 23 heavy (non-hydrogen) atoms. The van der Waals surface area contributed by atoms with E-state index in [2.05, 4.69) is 5.10 Å². The van der Waals surface area contributed by atoms with Crippen LogP contribution in [0.3, 0.4) is 0 Å². The van der Waals surface area contributed by atoms with Crippen LogP contribution in [0.15, 0.2) is 18.2 Å². The molecule has 6 heteroatoms. The maximum Gasteiger partial charge on any atom is 0.130 e. The summed E-state index contributed by atoms with van der Waals surface area (Å²) in [7, 11) is 0. The van der Waals surface area contributed by atoms with Gasteiger partial charge >= 0.3 is 0 Å². The van der Waals surface area contributed by atoms with Crippen LogP contribution in [0, 0.1) is 25.5 Å². The monoisotopic (exact) mass is 323 g/mol. The molecule has 0 unspecified atom stereocenters. The minimum Gasteiger partial charge on any atom is -0.394 e. The van der Waals surface area contributed by atoms with E-state index in [1.165, 1.54) is 18.2 Å². The second-order valence-electron chi connectivity index (χ2n) is 5.60. The molecule has 0 aliphatic carbocycles. The lowest BCUT2D eigenvalue weighted by atomic mass is 10.1. The van der Waals surface area contributed by atoms with Crippen LogP contribution in [0.4, 0.5) is 8.78 Å². The average Bonchev–Trinajstić information content (AvgIpc) is 2.77. The highest BCUT2D eigenvalue weighted by Gasteiger charge is 2.17. The van der Waals surface area contributed by atoms with E-state index in [1.54, 1.807) is 4.68 Å². The van der Waals surface area contributed by atoms with Crippen molar-refractivity contribution in [3.8, 4) is 0 Å². The lowest BCUT2D eigenvalue weighted by molar-refractivity contribution is 0.259. The molecule has 0 saturated heterocycles. The molecule has 4 nitrogen and oxygen atoms in total. The Labute approximate surface area is 135 Å². The van der Waals surface area contributed by atoms with Crippen molar-refractivity contribution in [2.75, 3.05) is 13.2 Å². The van der Waals surface area contributed by atoms with Crippen LogP contribution < -0.4 is 0 Å². The number of benzene rings is 1. The molecule has 0 radical (unpaired) electrons. The second kappa shape index (κ2) is 7.66. The van der Waals surface area contributed by atoms with E-state index in [0.717, 1.165) is 17.0 Å². The molecule has 0 spiro atoms. The Bertz CT molecular complexity index is 650. The van der Waals surface area contributed by atoms with Crippen molar-refractivity contribution in [2.24, 2.45) is 0 Å². The third-order valence-electron chi connectivity index (χ3n) is 4.12. The topological polar surface area (TPSA) is 41.3 Å². The third kappa shape index (κ3) is 3.95. The first-order valence-electron chi connectivity index (χ1n) is 7.76. The van der Waals surface area contributed by atoms with Gasteiger partial charge in [-0.2, -0.15) is 5.10 Å². The standard InChI is InChI=1S/C17H23F2N3O/c1-4-21(11-15-16(18)6-5-7-17(15)19)10-14-12(2)20-22(8-9-23)13(14)3/h5-7,23H,4,8-11H2,1-3H3. The molecule has 1 N–H and O–H groups in total. The summed E-state index contributed by atoms with van der Waals surface area (Å²) < 4.78 is 29.4. The highest BCUT2D eigenvalue weighted by molar-refractivity contribution is 5.25. The number of rotatable bonds is 7. The Morgan fingerprint density at radius 2 is 1.74 bits per heavy atom. The number of nitrogens with zero attached hydrogens (tertiary/aromatic N) is 3. The lowest BCUT2D eigenvalue weighted by Crippen LogP contribution is -2.24. The highest BCUT2D eigenvalue weighted by Crippen LogP contribution is 2.19. The molecule has 0 bridgehead atoms. The van der Waals surface area contributed by atoms with Gasteiger partial charge in [-0.1, -0.05) is 13.0 Å². The summed E-state index contributed by atoms with van der Waals surface area (Å²) in [4.78, 5) is 1.97. The second-order valence-corrected chi connectivity index (χ2v) is 5.60. The van der Waals surface area contributed by atoms with Gasteiger partial charge < -0.3 is 5.11 Å². The molecule has 1 aromatic carbocycles. The predicted molar refractivity (Wildman–Crippen MR) is 84.9 cm³/mol. The summed E-state index contributed by atoms with van der Waals surface area (Å²) in [5.41, 5.74) is 2.98. The van der Waals surface area contributed by atoms with Crippen molar-refractivity contribution in [3.05, 3.63) is 52.3 Å². The molecular formula is C17H23F2N3O. The van der Waals surface area contributed by atoms with Gasteiger partial charge in [0.15, 0.2) is 0 Å². The van der Waals surface area contributed by atoms with Crippen LogP contribution in [0.1, 0.15) is 29.4 Å². The molecule has 1 aromatic heterocycles. The first kappa shape index (κ1) is 17.6. The zero-order chi connectivity index (χ0) is 17.0. The average molecular weight is 323 g/mol. The fourth-order valence-electron chi connectivity index (χ4n) is 2.69. The van der Waals surface area contributed by atoms with Gasteiger partial charge in [0, 0.05) is 29.9 Å². The van der Waals surface area contributed by atoms with E-state index in [0.29, 0.717) is 19.6 Å². The largest absolute Gasteiger partial charge is 0.394 e. The zero-order valence-corrected chi connectivity index (χ0v) is 13.8. The van der Waals surface area contributed by atoms with Crippen LogP contribution in [-0.2, 0) is 19.6 Å². The predicted octanol–water partition coefficient (Wildman–Crippen LogP) is 2.79. The minimum atomic E-state index is -0.520. The Morgan fingerprint density at radius 3 is 2.30 bits per heavy atom. The Morgan fingerprint density at radius 1 is 1.13 bits per heavy atom. The first-order valence-corrected chi connectivity index (χ1v) is 7.76. The molecular weight excluding hydrogens is 300 g/mol. The Kier molecular flexibility index (Phi) is 5.85. The molecule has 0 amide bonds. The maximum atomic E-state index is 13.8. The quantitative estimate of drug-likeness (QED) is 0.852. The highest BCUT2D eigenvalue weighted by atomic mass is 19.1. The number of aliphatic hydroxyl groups excluding tert-OH is 1. The van der Waals surface area contributed by atoms with E-state index in [9.17, 15) is 8.78 Å². The van der Waals surface area contributed by atoms with Gasteiger partial charge in [-0.15, -0.1) is 0 Å². The lowest BCUT2D eigenvalue weighted by Gasteiger charge is -2.21. The summed E-state index contributed by atoms with van der Waals surface area (Å²) >= 11 is 0. The van der Waals surface area contributed by atoms with Crippen molar-refractivity contribution in [1.29, 1.82) is 0 Å². The SMILES string of the molecule is CCN(Cc1c(F)cccc1F)Cc1c(C)nn(CCO)c1C. The van der Waals surface area contributed by atoms with E-state index in [-0.39, 0.29) is 18.7 Å². The maximum absolute atomic E-state index is 13.8. The van der Waals surface area contributed by atoms with Crippen molar-refractivity contribution < 1.29 is 13.9 Å². The summed E-state index contributed by atoms with van der Waals surface area (Å²) in [5, 5.41) is 13.5. The summed E-state index contributed by atoms with van der Waals surface area (Å²) in [6, 6.07) is 3.93.